The lowest BCUT2D eigenvalue weighted by Crippen LogP contribution is -2.40. The van der Waals surface area contributed by atoms with Crippen molar-refractivity contribution in [3.63, 3.8) is 0 Å². The summed E-state index contributed by atoms with van der Waals surface area (Å²) >= 11 is 0. The van der Waals surface area contributed by atoms with Crippen molar-refractivity contribution in [1.82, 2.24) is 5.32 Å². The molecule has 0 radical (unpaired) electrons. The van der Waals surface area contributed by atoms with E-state index in [1.54, 1.807) is 24.3 Å². The van der Waals surface area contributed by atoms with Crippen molar-refractivity contribution >= 4 is 5.70 Å². The minimum Gasteiger partial charge on any atom is -0.493 e. The van der Waals surface area contributed by atoms with Crippen LogP contribution in [0.1, 0.15) is 40.2 Å². The minimum atomic E-state index is -0.477. The van der Waals surface area contributed by atoms with Gasteiger partial charge in [-0.3, -0.25) is 10.1 Å². The van der Waals surface area contributed by atoms with Gasteiger partial charge in [-0.25, -0.2) is 0 Å². The summed E-state index contributed by atoms with van der Waals surface area (Å²) in [6.07, 6.45) is 0. The molecule has 0 heterocycles. The summed E-state index contributed by atoms with van der Waals surface area (Å²) in [6, 6.07) is 6.80. The number of benzene rings is 1. The van der Waals surface area contributed by atoms with E-state index in [1.807, 2.05) is 34.6 Å². The Balaban J connectivity index is 3.29. The molecule has 6 heteroatoms. The first-order valence-corrected chi connectivity index (χ1v) is 7.31. The number of rotatable bonds is 6. The van der Waals surface area contributed by atoms with Crippen molar-refractivity contribution in [3.8, 4) is 5.75 Å². The predicted molar refractivity (Wildman–Crippen MR) is 87.8 cm³/mol. The summed E-state index contributed by atoms with van der Waals surface area (Å²) in [4.78, 5) is 11.0. The molecule has 0 aromatic heterocycles. The fourth-order valence-electron chi connectivity index (χ4n) is 1.80. The highest BCUT2D eigenvalue weighted by atomic mass is 16.6. The largest absolute Gasteiger partial charge is 0.493 e. The summed E-state index contributed by atoms with van der Waals surface area (Å²) in [5.41, 5.74) is 6.12. The normalized spacial score (nSPS) is 14.0. The van der Waals surface area contributed by atoms with E-state index < -0.39 is 4.92 Å². The van der Waals surface area contributed by atoms with Crippen LogP contribution in [0.4, 0.5) is 0 Å². The average Bonchev–Trinajstić information content (AvgIpc) is 2.39. The van der Waals surface area contributed by atoms with Gasteiger partial charge in [-0.2, -0.15) is 0 Å². The molecule has 0 bridgehead atoms. The number of nitrogens with two attached hydrogens (primary N) is 1. The second kappa shape index (κ2) is 7.15. The first-order chi connectivity index (χ1) is 10.2. The molecule has 1 rings (SSSR count). The highest BCUT2D eigenvalue weighted by molar-refractivity contribution is 5.66. The third kappa shape index (κ3) is 4.38. The molecule has 0 aliphatic carbocycles. The Labute approximate surface area is 131 Å². The van der Waals surface area contributed by atoms with E-state index in [9.17, 15) is 10.1 Å². The van der Waals surface area contributed by atoms with E-state index in [1.165, 1.54) is 0 Å². The lowest BCUT2D eigenvalue weighted by Gasteiger charge is -2.28. The maximum Gasteiger partial charge on any atom is 0.319 e. The first-order valence-electron chi connectivity index (χ1n) is 7.31. The predicted octanol–water partition coefficient (Wildman–Crippen LogP) is 2.97. The molecule has 0 amide bonds. The van der Waals surface area contributed by atoms with Crippen LogP contribution in [0.3, 0.4) is 0 Å². The van der Waals surface area contributed by atoms with E-state index in [-0.39, 0.29) is 23.0 Å². The van der Waals surface area contributed by atoms with Crippen LogP contribution in [-0.2, 0) is 0 Å². The third-order valence-corrected chi connectivity index (χ3v) is 3.55. The smallest absolute Gasteiger partial charge is 0.319 e. The summed E-state index contributed by atoms with van der Waals surface area (Å²) in [7, 11) is 0. The van der Waals surface area contributed by atoms with Crippen molar-refractivity contribution in [2.24, 2.45) is 11.1 Å². The summed E-state index contributed by atoms with van der Waals surface area (Å²) in [6.45, 7) is 10.3. The average molecular weight is 307 g/mol. The molecule has 3 N–H and O–H groups in total. The number of nitro groups is 1. The standard InChI is InChI=1S/C16H25N3O3/c1-6-22-13-10-8-7-9-12(13)14(19(20)21)15(17)18-11(2)16(3,4)5/h7-11,18H,6,17H2,1-5H3. The number of ether oxygens (including phenoxy) is 1. The molecule has 1 aromatic rings. The van der Waals surface area contributed by atoms with Crippen molar-refractivity contribution in [1.29, 1.82) is 0 Å². The van der Waals surface area contributed by atoms with Crippen molar-refractivity contribution in [2.75, 3.05) is 6.61 Å². The van der Waals surface area contributed by atoms with Gasteiger partial charge in [0.1, 0.15) is 5.75 Å². The van der Waals surface area contributed by atoms with Gasteiger partial charge in [0.25, 0.3) is 0 Å². The van der Waals surface area contributed by atoms with Gasteiger partial charge in [0.05, 0.1) is 17.1 Å². The van der Waals surface area contributed by atoms with Crippen LogP contribution in [-0.4, -0.2) is 17.6 Å². The quantitative estimate of drug-likeness (QED) is 0.623. The molecule has 0 saturated heterocycles. The topological polar surface area (TPSA) is 90.4 Å². The van der Waals surface area contributed by atoms with Crippen LogP contribution in [0, 0.1) is 15.5 Å². The summed E-state index contributed by atoms with van der Waals surface area (Å²) in [5.74, 6) is 0.490. The number of nitrogens with one attached hydrogen (secondary N) is 1. The van der Waals surface area contributed by atoms with Crippen molar-refractivity contribution in [2.45, 2.75) is 40.7 Å². The van der Waals surface area contributed by atoms with Crippen LogP contribution in [0.2, 0.25) is 0 Å². The van der Waals surface area contributed by atoms with Gasteiger partial charge in [-0.1, -0.05) is 32.9 Å². The Bertz CT molecular complexity index is 562. The number of para-hydroxylation sites is 1. The Hall–Kier alpha value is -2.24. The fourth-order valence-corrected chi connectivity index (χ4v) is 1.80. The van der Waals surface area contributed by atoms with Crippen LogP contribution in [0.5, 0.6) is 5.75 Å². The molecule has 0 fully saturated rings. The Morgan fingerprint density at radius 2 is 2.00 bits per heavy atom. The van der Waals surface area contributed by atoms with E-state index >= 15 is 0 Å². The molecule has 1 aromatic carbocycles. The van der Waals surface area contributed by atoms with Crippen LogP contribution < -0.4 is 15.8 Å². The van der Waals surface area contributed by atoms with Crippen molar-refractivity contribution < 1.29 is 9.66 Å². The maximum atomic E-state index is 11.5. The third-order valence-electron chi connectivity index (χ3n) is 3.55. The van der Waals surface area contributed by atoms with E-state index in [0.29, 0.717) is 17.9 Å². The second-order valence-corrected chi connectivity index (χ2v) is 6.18. The fraction of sp³-hybridized carbons (Fsp3) is 0.500. The molecular weight excluding hydrogens is 282 g/mol. The number of hydrogen-bond acceptors (Lipinski definition) is 5. The Kier molecular flexibility index (Phi) is 5.79. The van der Waals surface area contributed by atoms with Gasteiger partial charge in [0, 0.05) is 6.04 Å². The SMILES string of the molecule is CCOc1ccccc1C(=C(N)NC(C)C(C)(C)C)[N+](=O)[O-]. The highest BCUT2D eigenvalue weighted by Crippen LogP contribution is 2.28. The van der Waals surface area contributed by atoms with Gasteiger partial charge >= 0.3 is 5.70 Å². The molecule has 122 valence electrons. The molecule has 0 spiro atoms. The molecule has 22 heavy (non-hydrogen) atoms. The van der Waals surface area contributed by atoms with Gasteiger partial charge in [0.15, 0.2) is 5.82 Å². The Morgan fingerprint density at radius 1 is 1.41 bits per heavy atom. The zero-order valence-electron chi connectivity index (χ0n) is 13.8. The summed E-state index contributed by atoms with van der Waals surface area (Å²) in [5, 5.41) is 14.5. The minimum absolute atomic E-state index is 0.0262. The Morgan fingerprint density at radius 3 is 2.50 bits per heavy atom. The molecule has 0 aliphatic heterocycles. The van der Waals surface area contributed by atoms with Gasteiger partial charge in [-0.15, -0.1) is 0 Å². The van der Waals surface area contributed by atoms with Crippen LogP contribution >= 0.6 is 0 Å². The lowest BCUT2D eigenvalue weighted by molar-refractivity contribution is -0.376. The molecule has 0 saturated carbocycles. The van der Waals surface area contributed by atoms with Crippen LogP contribution in [0.15, 0.2) is 30.1 Å². The molecule has 0 aliphatic rings. The highest BCUT2D eigenvalue weighted by Gasteiger charge is 2.27. The monoisotopic (exact) mass is 307 g/mol. The van der Waals surface area contributed by atoms with Gasteiger partial charge < -0.3 is 15.8 Å². The molecule has 1 atom stereocenters. The molecule has 6 nitrogen and oxygen atoms in total. The van der Waals surface area contributed by atoms with E-state index in [4.69, 9.17) is 10.5 Å². The van der Waals surface area contributed by atoms with E-state index in [2.05, 4.69) is 5.32 Å². The zero-order valence-corrected chi connectivity index (χ0v) is 13.8. The van der Waals surface area contributed by atoms with Crippen molar-refractivity contribution in [3.05, 3.63) is 45.8 Å². The van der Waals surface area contributed by atoms with Gasteiger partial charge in [0.2, 0.25) is 0 Å². The summed E-state index contributed by atoms with van der Waals surface area (Å²) < 4.78 is 5.47. The molecule has 1 unspecified atom stereocenters. The molecular formula is C16H25N3O3. The maximum absolute atomic E-state index is 11.5. The number of nitrogens with zero attached hydrogens (tertiary/aromatic N) is 1. The van der Waals surface area contributed by atoms with E-state index in [0.717, 1.165) is 0 Å². The second-order valence-electron chi connectivity index (χ2n) is 6.18. The first kappa shape index (κ1) is 17.8. The van der Waals surface area contributed by atoms with Crippen LogP contribution in [0.25, 0.3) is 5.70 Å². The number of hydrogen-bond donors (Lipinski definition) is 2. The van der Waals surface area contributed by atoms with Gasteiger partial charge in [-0.05, 0) is 31.4 Å². The zero-order chi connectivity index (χ0) is 16.9. The lowest BCUT2D eigenvalue weighted by atomic mass is 9.88.